The highest BCUT2D eigenvalue weighted by atomic mass is 32.2. The Bertz CT molecular complexity index is 1070. The van der Waals surface area contributed by atoms with Gasteiger partial charge in [-0.1, -0.05) is 23.9 Å². The number of nitrogens with one attached hydrogen (secondary N) is 2. The number of benzene rings is 2. The van der Waals surface area contributed by atoms with Gasteiger partial charge < -0.3 is 5.32 Å². The van der Waals surface area contributed by atoms with E-state index >= 15 is 0 Å². The third kappa shape index (κ3) is 4.93. The molecule has 0 spiro atoms. The fourth-order valence-electron chi connectivity index (χ4n) is 2.12. The minimum Gasteiger partial charge on any atom is -0.323 e. The lowest BCUT2D eigenvalue weighted by Gasteiger charge is -2.04. The predicted octanol–water partition coefficient (Wildman–Crippen LogP) is 3.54. The maximum atomic E-state index is 13.5. The van der Waals surface area contributed by atoms with Crippen LogP contribution in [0.4, 0.5) is 15.8 Å². The second-order valence-electron chi connectivity index (χ2n) is 5.35. The molecule has 0 fully saturated rings. The number of nitrogens with zero attached hydrogens (tertiary/aromatic N) is 1. The quantitative estimate of drug-likeness (QED) is 0.606. The predicted molar refractivity (Wildman–Crippen MR) is 104 cm³/mol. The van der Waals surface area contributed by atoms with Crippen LogP contribution in [0.2, 0.25) is 0 Å². The number of para-hydroxylation sites is 1. The zero-order valence-electron chi connectivity index (χ0n) is 13.5. The van der Waals surface area contributed by atoms with Crippen molar-refractivity contribution in [2.45, 2.75) is 4.34 Å². The molecular formula is C16H14FN3O3S3. The first-order valence-corrected chi connectivity index (χ1v) is 11.0. The van der Waals surface area contributed by atoms with Crippen LogP contribution in [0, 0.1) is 5.82 Å². The van der Waals surface area contributed by atoms with Crippen LogP contribution in [-0.4, -0.2) is 31.3 Å². The average Bonchev–Trinajstić information content (AvgIpc) is 2.96. The van der Waals surface area contributed by atoms with E-state index in [1.807, 2.05) is 0 Å². The zero-order valence-corrected chi connectivity index (χ0v) is 16.0. The maximum absolute atomic E-state index is 13.5. The van der Waals surface area contributed by atoms with Gasteiger partial charge in [0.05, 0.1) is 33.6 Å². The van der Waals surface area contributed by atoms with Crippen LogP contribution in [0.25, 0.3) is 10.2 Å². The Kier molecular flexibility index (Phi) is 5.44. The van der Waals surface area contributed by atoms with Crippen molar-refractivity contribution in [1.29, 1.82) is 0 Å². The standard InChI is InChI=1S/C16H14FN3O3S3/c1-26(22,23)20-10-6-7-13-14(8-10)25-16(19-13)24-9-15(21)18-12-5-3-2-4-11(12)17/h2-8,20H,9H2,1H3,(H,18,21). The van der Waals surface area contributed by atoms with Crippen LogP contribution in [0.1, 0.15) is 0 Å². The third-order valence-corrected chi connectivity index (χ3v) is 5.91. The van der Waals surface area contributed by atoms with Crippen LogP contribution >= 0.6 is 23.1 Å². The first-order valence-electron chi connectivity index (χ1n) is 7.36. The van der Waals surface area contributed by atoms with Gasteiger partial charge in [-0.05, 0) is 30.3 Å². The van der Waals surface area contributed by atoms with E-state index in [1.54, 1.807) is 30.3 Å². The summed E-state index contributed by atoms with van der Waals surface area (Å²) >= 11 is 2.58. The molecule has 1 amide bonds. The van der Waals surface area contributed by atoms with Gasteiger partial charge in [-0.3, -0.25) is 9.52 Å². The van der Waals surface area contributed by atoms with Crippen molar-refractivity contribution in [3.05, 3.63) is 48.3 Å². The first kappa shape index (κ1) is 18.6. The van der Waals surface area contributed by atoms with Crippen molar-refractivity contribution in [1.82, 2.24) is 4.98 Å². The van der Waals surface area contributed by atoms with Crippen molar-refractivity contribution in [3.8, 4) is 0 Å². The summed E-state index contributed by atoms with van der Waals surface area (Å²) < 4.78 is 40.0. The van der Waals surface area contributed by atoms with Gasteiger partial charge in [0.2, 0.25) is 15.9 Å². The Labute approximate surface area is 157 Å². The van der Waals surface area contributed by atoms with E-state index in [4.69, 9.17) is 0 Å². The normalized spacial score (nSPS) is 11.5. The molecule has 0 unspecified atom stereocenters. The summed E-state index contributed by atoms with van der Waals surface area (Å²) in [6.07, 6.45) is 1.08. The Morgan fingerprint density at radius 1 is 1.27 bits per heavy atom. The molecule has 26 heavy (non-hydrogen) atoms. The van der Waals surface area contributed by atoms with Crippen molar-refractivity contribution >= 4 is 60.6 Å². The number of fused-ring (bicyclic) bond motifs is 1. The third-order valence-electron chi connectivity index (χ3n) is 3.15. The first-order chi connectivity index (χ1) is 12.3. The van der Waals surface area contributed by atoms with Crippen molar-refractivity contribution in [3.63, 3.8) is 0 Å². The van der Waals surface area contributed by atoms with E-state index in [0.29, 0.717) is 15.5 Å². The molecule has 3 rings (SSSR count). The van der Waals surface area contributed by atoms with E-state index < -0.39 is 15.8 Å². The lowest BCUT2D eigenvalue weighted by Crippen LogP contribution is -2.14. The van der Waals surface area contributed by atoms with E-state index in [-0.39, 0.29) is 17.3 Å². The summed E-state index contributed by atoms with van der Waals surface area (Å²) in [7, 11) is -3.35. The molecular weight excluding hydrogens is 397 g/mol. The number of carbonyl (C=O) groups is 1. The van der Waals surface area contributed by atoms with E-state index in [9.17, 15) is 17.6 Å². The number of hydrogen-bond donors (Lipinski definition) is 2. The molecule has 0 aliphatic rings. The molecule has 3 aromatic rings. The minimum absolute atomic E-state index is 0.0859. The van der Waals surface area contributed by atoms with Gasteiger partial charge in [0.15, 0.2) is 4.34 Å². The molecule has 136 valence electrons. The highest BCUT2D eigenvalue weighted by Crippen LogP contribution is 2.31. The fraction of sp³-hybridized carbons (Fsp3) is 0.125. The number of amides is 1. The molecule has 10 heteroatoms. The number of rotatable bonds is 6. The van der Waals surface area contributed by atoms with Gasteiger partial charge in [0, 0.05) is 0 Å². The largest absolute Gasteiger partial charge is 0.323 e. The summed E-state index contributed by atoms with van der Waals surface area (Å²) in [5, 5.41) is 2.51. The number of hydrogen-bond acceptors (Lipinski definition) is 6. The molecule has 0 aliphatic carbocycles. The van der Waals surface area contributed by atoms with Crippen molar-refractivity contribution in [2.75, 3.05) is 22.0 Å². The van der Waals surface area contributed by atoms with Gasteiger partial charge in [0.25, 0.3) is 0 Å². The summed E-state index contributed by atoms with van der Waals surface area (Å²) in [5.41, 5.74) is 1.31. The van der Waals surface area contributed by atoms with Crippen molar-refractivity contribution in [2.24, 2.45) is 0 Å². The number of carbonyl (C=O) groups excluding carboxylic acids is 1. The SMILES string of the molecule is CS(=O)(=O)Nc1ccc2nc(SCC(=O)Nc3ccccc3F)sc2c1. The fourth-order valence-corrected chi connectivity index (χ4v) is 4.58. The number of halogens is 1. The zero-order chi connectivity index (χ0) is 18.7. The lowest BCUT2D eigenvalue weighted by molar-refractivity contribution is -0.113. The average molecular weight is 412 g/mol. The number of aromatic nitrogens is 1. The molecule has 1 aromatic heterocycles. The van der Waals surface area contributed by atoms with Crippen LogP contribution in [0.3, 0.4) is 0 Å². The molecule has 2 N–H and O–H groups in total. The number of anilines is 2. The monoisotopic (exact) mass is 411 g/mol. The van der Waals surface area contributed by atoms with E-state index in [2.05, 4.69) is 15.0 Å². The van der Waals surface area contributed by atoms with E-state index in [1.165, 1.54) is 35.2 Å². The summed E-state index contributed by atoms with van der Waals surface area (Å²) in [4.78, 5) is 16.4. The van der Waals surface area contributed by atoms with Crippen LogP contribution in [0.15, 0.2) is 46.8 Å². The molecule has 1 heterocycles. The van der Waals surface area contributed by atoms with Crippen LogP contribution in [0.5, 0.6) is 0 Å². The van der Waals surface area contributed by atoms with Crippen LogP contribution < -0.4 is 10.0 Å². The lowest BCUT2D eigenvalue weighted by atomic mass is 10.3. The highest BCUT2D eigenvalue weighted by molar-refractivity contribution is 8.01. The Morgan fingerprint density at radius 2 is 2.04 bits per heavy atom. The number of thiazole rings is 1. The molecule has 0 saturated carbocycles. The van der Waals surface area contributed by atoms with Crippen molar-refractivity contribution < 1.29 is 17.6 Å². The van der Waals surface area contributed by atoms with Gasteiger partial charge in [-0.25, -0.2) is 17.8 Å². The summed E-state index contributed by atoms with van der Waals surface area (Å²) in [5.74, 6) is -0.738. The van der Waals surface area contributed by atoms with Gasteiger partial charge in [-0.2, -0.15) is 0 Å². The molecule has 0 bridgehead atoms. The second kappa shape index (κ2) is 7.60. The highest BCUT2D eigenvalue weighted by Gasteiger charge is 2.11. The topological polar surface area (TPSA) is 88.2 Å². The second-order valence-corrected chi connectivity index (χ2v) is 9.35. The maximum Gasteiger partial charge on any atom is 0.234 e. The molecule has 2 aromatic carbocycles. The molecule has 0 radical (unpaired) electrons. The minimum atomic E-state index is -3.35. The molecule has 0 aliphatic heterocycles. The number of thioether (sulfide) groups is 1. The Morgan fingerprint density at radius 3 is 2.77 bits per heavy atom. The number of sulfonamides is 1. The molecule has 0 atom stereocenters. The molecule has 6 nitrogen and oxygen atoms in total. The Hall–Kier alpha value is -2.17. The Balaban J connectivity index is 1.65. The van der Waals surface area contributed by atoms with Gasteiger partial charge >= 0.3 is 0 Å². The van der Waals surface area contributed by atoms with Crippen LogP contribution in [-0.2, 0) is 14.8 Å². The summed E-state index contributed by atoms with van der Waals surface area (Å²) in [6.45, 7) is 0. The van der Waals surface area contributed by atoms with E-state index in [0.717, 1.165) is 11.0 Å². The molecule has 0 saturated heterocycles. The smallest absolute Gasteiger partial charge is 0.234 e. The van der Waals surface area contributed by atoms with Gasteiger partial charge in [-0.15, -0.1) is 11.3 Å². The summed E-state index contributed by atoms with van der Waals surface area (Å²) in [6, 6.07) is 11.0. The van der Waals surface area contributed by atoms with Gasteiger partial charge in [0.1, 0.15) is 5.82 Å².